The topological polar surface area (TPSA) is 63.0 Å². The second kappa shape index (κ2) is 10.5. The Bertz CT molecular complexity index is 2760. The van der Waals surface area contributed by atoms with Gasteiger partial charge in [-0.2, -0.15) is 0 Å². The van der Waals surface area contributed by atoms with Crippen LogP contribution in [0.1, 0.15) is 22.9 Å². The van der Waals surface area contributed by atoms with Gasteiger partial charge in [-0.3, -0.25) is 0 Å². The number of furan rings is 2. The Labute approximate surface area is 275 Å². The molecule has 0 bridgehead atoms. The average Bonchev–Trinajstić information content (AvgIpc) is 3.73. The van der Waals surface area contributed by atoms with E-state index in [0.717, 1.165) is 88.3 Å². The molecule has 9 aromatic rings. The smallest absolute Gasteiger partial charge is 0.159 e. The lowest BCUT2D eigenvalue weighted by molar-refractivity contribution is 0.667. The van der Waals surface area contributed by atoms with Crippen LogP contribution >= 0.6 is 0 Å². The maximum absolute atomic E-state index is 6.58. The Morgan fingerprint density at radius 2 is 1.04 bits per heavy atom. The van der Waals surface area contributed by atoms with E-state index in [2.05, 4.69) is 96.3 Å². The SMILES string of the molecule is c1ccc(C2=NC(c3ccccc3)NC(c3cc(-c4cc5oc6ccccc6c5c5ccccc45)cc4oc5ccccc5c34)=N2)cc1. The molecule has 0 saturated carbocycles. The van der Waals surface area contributed by atoms with Crippen LogP contribution in [0, 0.1) is 0 Å². The average molecular weight is 618 g/mol. The molecule has 10 rings (SSSR count). The number of para-hydroxylation sites is 2. The van der Waals surface area contributed by atoms with Crippen LogP contribution < -0.4 is 5.32 Å². The van der Waals surface area contributed by atoms with Gasteiger partial charge in [-0.25, -0.2) is 9.98 Å². The molecule has 1 aliphatic heterocycles. The van der Waals surface area contributed by atoms with Crippen LogP contribution in [0.15, 0.2) is 170 Å². The number of aliphatic imine (C=N–C) groups is 2. The van der Waals surface area contributed by atoms with Crippen LogP contribution in [-0.2, 0) is 0 Å². The molecule has 0 aliphatic carbocycles. The third-order valence-corrected chi connectivity index (χ3v) is 9.32. The second-order valence-electron chi connectivity index (χ2n) is 12.2. The summed E-state index contributed by atoms with van der Waals surface area (Å²) in [5.74, 6) is 1.42. The number of nitrogens with zero attached hydrogens (tertiary/aromatic N) is 2. The van der Waals surface area contributed by atoms with Gasteiger partial charge in [-0.15, -0.1) is 0 Å². The third kappa shape index (κ3) is 4.18. The first-order chi connectivity index (χ1) is 23.8. The van der Waals surface area contributed by atoms with E-state index in [1.807, 2.05) is 60.7 Å². The summed E-state index contributed by atoms with van der Waals surface area (Å²) in [5, 5.41) is 10.3. The van der Waals surface area contributed by atoms with E-state index in [0.29, 0.717) is 5.84 Å². The van der Waals surface area contributed by atoms with Crippen molar-refractivity contribution < 1.29 is 8.83 Å². The molecule has 0 spiro atoms. The molecule has 1 atom stereocenters. The zero-order valence-electron chi connectivity index (χ0n) is 25.7. The molecule has 0 saturated heterocycles. The monoisotopic (exact) mass is 617 g/mol. The summed E-state index contributed by atoms with van der Waals surface area (Å²) in [6.45, 7) is 0. The molecular formula is C43H27N3O2. The molecule has 226 valence electrons. The van der Waals surface area contributed by atoms with E-state index in [9.17, 15) is 0 Å². The molecule has 0 radical (unpaired) electrons. The van der Waals surface area contributed by atoms with Crippen LogP contribution in [0.2, 0.25) is 0 Å². The minimum absolute atomic E-state index is 0.321. The molecule has 1 N–H and O–H groups in total. The summed E-state index contributed by atoms with van der Waals surface area (Å²) < 4.78 is 13.0. The summed E-state index contributed by atoms with van der Waals surface area (Å²) >= 11 is 0. The molecule has 7 aromatic carbocycles. The quantitative estimate of drug-likeness (QED) is 0.214. The summed E-state index contributed by atoms with van der Waals surface area (Å²) in [5.41, 5.74) is 8.40. The molecule has 0 amide bonds. The van der Waals surface area contributed by atoms with E-state index >= 15 is 0 Å². The predicted octanol–water partition coefficient (Wildman–Crippen LogP) is 10.8. The van der Waals surface area contributed by atoms with Gasteiger partial charge in [0.1, 0.15) is 34.3 Å². The molecule has 48 heavy (non-hydrogen) atoms. The molecule has 5 nitrogen and oxygen atoms in total. The third-order valence-electron chi connectivity index (χ3n) is 9.32. The fourth-order valence-corrected chi connectivity index (χ4v) is 7.13. The number of hydrogen-bond donors (Lipinski definition) is 1. The minimum atomic E-state index is -0.321. The summed E-state index contributed by atoms with van der Waals surface area (Å²) in [6.07, 6.45) is -0.321. The lowest BCUT2D eigenvalue weighted by Gasteiger charge is -2.24. The largest absolute Gasteiger partial charge is 0.456 e. The lowest BCUT2D eigenvalue weighted by Crippen LogP contribution is -2.33. The number of fused-ring (bicyclic) bond motifs is 8. The van der Waals surface area contributed by atoms with Crippen molar-refractivity contribution in [2.75, 3.05) is 0 Å². The van der Waals surface area contributed by atoms with Crippen molar-refractivity contribution in [3.05, 3.63) is 168 Å². The van der Waals surface area contributed by atoms with Crippen molar-refractivity contribution in [1.82, 2.24) is 5.32 Å². The molecule has 5 heteroatoms. The molecular weight excluding hydrogens is 590 g/mol. The lowest BCUT2D eigenvalue weighted by atomic mass is 9.92. The minimum Gasteiger partial charge on any atom is -0.456 e. The number of rotatable bonds is 4. The van der Waals surface area contributed by atoms with Gasteiger partial charge in [0.05, 0.1) is 0 Å². The van der Waals surface area contributed by atoms with Gasteiger partial charge in [0, 0.05) is 32.7 Å². The highest BCUT2D eigenvalue weighted by Crippen LogP contribution is 2.42. The van der Waals surface area contributed by atoms with Gasteiger partial charge in [-0.05, 0) is 57.8 Å². The summed E-state index contributed by atoms with van der Waals surface area (Å²) in [4.78, 5) is 10.3. The first-order valence-electron chi connectivity index (χ1n) is 16.1. The van der Waals surface area contributed by atoms with Gasteiger partial charge in [-0.1, -0.05) is 121 Å². The normalized spacial score (nSPS) is 14.9. The fraction of sp³-hybridized carbons (Fsp3) is 0.0233. The molecule has 2 aromatic heterocycles. The predicted molar refractivity (Wildman–Crippen MR) is 196 cm³/mol. The van der Waals surface area contributed by atoms with E-state index < -0.39 is 0 Å². The van der Waals surface area contributed by atoms with Gasteiger partial charge < -0.3 is 14.2 Å². The van der Waals surface area contributed by atoms with Crippen molar-refractivity contribution >= 4 is 66.3 Å². The van der Waals surface area contributed by atoms with Crippen molar-refractivity contribution in [2.45, 2.75) is 6.17 Å². The van der Waals surface area contributed by atoms with Crippen LogP contribution in [0.3, 0.4) is 0 Å². The Morgan fingerprint density at radius 3 is 1.77 bits per heavy atom. The highest BCUT2D eigenvalue weighted by molar-refractivity contribution is 6.25. The number of nitrogens with one attached hydrogen (secondary N) is 1. The van der Waals surface area contributed by atoms with E-state index in [-0.39, 0.29) is 6.17 Å². The van der Waals surface area contributed by atoms with Crippen molar-refractivity contribution in [1.29, 1.82) is 0 Å². The Morgan fingerprint density at radius 1 is 0.458 bits per heavy atom. The van der Waals surface area contributed by atoms with Gasteiger partial charge in [0.2, 0.25) is 0 Å². The standard InChI is InChI=1S/C43H27N3O2/c1-3-13-26(14-4-1)41-44-42(27-15-5-2-6-16-27)46-43(45-41)34-23-28(24-37-40(34)32-20-10-12-22-36(32)47-37)33-25-38-39(30-18-8-7-17-29(30)33)31-19-9-11-21-35(31)48-38/h1-25,41H,(H,44,45,46). The van der Waals surface area contributed by atoms with Gasteiger partial charge >= 0.3 is 0 Å². The van der Waals surface area contributed by atoms with Gasteiger partial charge in [0.15, 0.2) is 5.84 Å². The van der Waals surface area contributed by atoms with Crippen molar-refractivity contribution in [3.8, 4) is 11.1 Å². The molecule has 1 aliphatic rings. The van der Waals surface area contributed by atoms with Crippen LogP contribution in [-0.4, -0.2) is 11.7 Å². The van der Waals surface area contributed by atoms with Crippen LogP contribution in [0.4, 0.5) is 0 Å². The van der Waals surface area contributed by atoms with Gasteiger partial charge in [0.25, 0.3) is 0 Å². The van der Waals surface area contributed by atoms with Crippen molar-refractivity contribution in [3.63, 3.8) is 0 Å². The Hall–Kier alpha value is -6.46. The molecule has 1 unspecified atom stereocenters. The Kier molecular flexibility index (Phi) is 5.87. The molecule has 3 heterocycles. The van der Waals surface area contributed by atoms with Crippen LogP contribution in [0.25, 0.3) is 65.8 Å². The Balaban J connectivity index is 1.26. The van der Waals surface area contributed by atoms with Crippen molar-refractivity contribution in [2.24, 2.45) is 9.98 Å². The number of hydrogen-bond acceptors (Lipinski definition) is 5. The van der Waals surface area contributed by atoms with E-state index in [1.165, 1.54) is 0 Å². The highest BCUT2D eigenvalue weighted by Gasteiger charge is 2.25. The summed E-state index contributed by atoms with van der Waals surface area (Å²) in [7, 11) is 0. The second-order valence-corrected chi connectivity index (χ2v) is 12.2. The first kappa shape index (κ1) is 26.7. The maximum Gasteiger partial charge on any atom is 0.159 e. The number of benzene rings is 7. The highest BCUT2D eigenvalue weighted by atomic mass is 16.3. The first-order valence-corrected chi connectivity index (χ1v) is 16.1. The van der Waals surface area contributed by atoms with Crippen LogP contribution in [0.5, 0.6) is 0 Å². The zero-order chi connectivity index (χ0) is 31.6. The van der Waals surface area contributed by atoms with E-state index in [4.69, 9.17) is 18.8 Å². The molecule has 0 fully saturated rings. The zero-order valence-corrected chi connectivity index (χ0v) is 25.7. The fourth-order valence-electron chi connectivity index (χ4n) is 7.13. The van der Waals surface area contributed by atoms with E-state index in [1.54, 1.807) is 0 Å². The maximum atomic E-state index is 6.58. The summed E-state index contributed by atoms with van der Waals surface area (Å²) in [6, 6.07) is 52.1. The number of amidine groups is 2.